The van der Waals surface area contributed by atoms with Crippen LogP contribution >= 0.6 is 36.7 Å². The molecule has 99 heavy (non-hydrogen) atoms. The molecule has 0 saturated carbocycles. The van der Waals surface area contributed by atoms with Gasteiger partial charge in [-0.25, -0.2) is 42.5 Å². The topological polar surface area (TPSA) is 233 Å². The Hall–Kier alpha value is -6.45. The Kier molecular flexibility index (Phi) is 27.7. The fourth-order valence-electron chi connectivity index (χ4n) is 12.8. The van der Waals surface area contributed by atoms with Crippen molar-refractivity contribution in [3.63, 3.8) is 0 Å². The molecule has 6 unspecified atom stereocenters. The third-order valence-corrected chi connectivity index (χ3v) is 19.6. The molecule has 6 atom stereocenters. The predicted molar refractivity (Wildman–Crippen MR) is 404 cm³/mol. The second kappa shape index (κ2) is 32.3. The highest BCUT2D eigenvalue weighted by molar-refractivity contribution is 7.80. The van der Waals surface area contributed by atoms with E-state index in [9.17, 15) is 15.3 Å². The third-order valence-electron chi connectivity index (χ3n) is 18.4. The number of carbonyl (C=O) groups is 3. The van der Waals surface area contributed by atoms with Gasteiger partial charge in [-0.2, -0.15) is 0 Å². The molecule has 0 aliphatic carbocycles. The summed E-state index contributed by atoms with van der Waals surface area (Å²) in [7, 11) is 0. The number of hydrogen-bond donors (Lipinski definition) is 3. The number of rotatable bonds is 27. The molecule has 1 aromatic heterocycles. The normalized spacial score (nSPS) is 15.3. The lowest BCUT2D eigenvalue weighted by molar-refractivity contribution is -0.166. The molecule has 0 radical (unpaired) electrons. The number of nitrogens with zero attached hydrogens (tertiary/aromatic N) is 3. The summed E-state index contributed by atoms with van der Waals surface area (Å²) in [6.45, 7) is 48.0. The maximum absolute atomic E-state index is 17.9. The highest BCUT2D eigenvalue weighted by Gasteiger charge is 2.62. The molecule has 4 aromatic rings. The second-order valence-corrected chi connectivity index (χ2v) is 33.5. The molecule has 0 saturated heterocycles. The average Bonchev–Trinajstić information content (AvgIpc) is 0.692. The molecule has 0 spiro atoms. The summed E-state index contributed by atoms with van der Waals surface area (Å²) in [6.07, 6.45) is -6.67. The molecule has 3 aromatic carbocycles. The number of carbonyl (C=O) groups excluding carboxylic acids is 3. The molecule has 0 aliphatic rings. The number of aromatic nitrogens is 3. The van der Waals surface area contributed by atoms with E-state index in [2.05, 4.69) is 0 Å². The fraction of sp³-hybridized carbons (Fsp3) is 0.654. The van der Waals surface area contributed by atoms with Crippen molar-refractivity contribution in [2.45, 2.75) is 312 Å². The van der Waals surface area contributed by atoms with E-state index in [-0.39, 0.29) is 107 Å². The van der Waals surface area contributed by atoms with Gasteiger partial charge in [0.1, 0.15) is 17.2 Å². The van der Waals surface area contributed by atoms with Crippen LogP contribution < -0.4 is 17.1 Å². The van der Waals surface area contributed by atoms with Crippen molar-refractivity contribution in [3.8, 4) is 17.2 Å². The molecule has 0 fully saturated rings. The van der Waals surface area contributed by atoms with E-state index in [1.54, 1.807) is 77.9 Å². The first-order valence-electron chi connectivity index (χ1n) is 35.2. The number of benzene rings is 3. The van der Waals surface area contributed by atoms with Gasteiger partial charge in [0.25, 0.3) is 0 Å². The monoisotopic (exact) mass is 1430 g/mol. The van der Waals surface area contributed by atoms with Crippen LogP contribution in [0.4, 0.5) is 0 Å². The lowest BCUT2D eigenvalue weighted by Gasteiger charge is -2.44. The summed E-state index contributed by atoms with van der Waals surface area (Å²) >= 11 is 18.1. The minimum atomic E-state index is -2.86. The van der Waals surface area contributed by atoms with Gasteiger partial charge in [0.2, 0.25) is 0 Å². The van der Waals surface area contributed by atoms with Crippen LogP contribution in [0.25, 0.3) is 0 Å². The molecule has 0 aliphatic heterocycles. The predicted octanol–water partition coefficient (Wildman–Crippen LogP) is 16.7. The van der Waals surface area contributed by atoms with Crippen molar-refractivity contribution < 1.29 is 58.1 Å². The van der Waals surface area contributed by atoms with E-state index in [4.69, 9.17) is 65.1 Å². The standard InChI is InChI=1S/C78H117N3O15S3/c1-28-37-91-64(85)76(34-7,61(94-55(97)31-4)46-40-49(70(10,11)12)58(82)50(41-46)71(13,14)15)79-67(88)80(77(35-8,65(86)92-38-29-2)62(95-56(98)32-5)47-42-51(72(16,17)18)59(83)52(43-47)73(19,20)21)69(90)81(68(79)89)78(36-9,66(87)93-39-30-3)63(96-57(99)33-6)48-44-53(74(22,23)24)60(84)54(45-48)75(25,26)27/h40-45,61-63,82-84H,28-39H2,1-27H3. The zero-order valence-electron chi connectivity index (χ0n) is 64.5. The highest BCUT2D eigenvalue weighted by Crippen LogP contribution is 2.51. The number of hydrogen-bond acceptors (Lipinski definition) is 18. The Labute approximate surface area is 605 Å². The molecule has 4 rings (SSSR count). The number of thiocarbonyl (C=S) groups is 3. The Bertz CT molecular complexity index is 3290. The van der Waals surface area contributed by atoms with E-state index >= 15 is 28.8 Å². The summed E-state index contributed by atoms with van der Waals surface area (Å²) in [5, 5.41) is 37.0. The molecular weight excluding hydrogens is 1320 g/mol. The van der Waals surface area contributed by atoms with Crippen LogP contribution in [0.1, 0.15) is 313 Å². The summed E-state index contributed by atoms with van der Waals surface area (Å²) < 4.78 is 41.7. The molecule has 0 bridgehead atoms. The summed E-state index contributed by atoms with van der Waals surface area (Å²) in [5.74, 6) is -3.90. The van der Waals surface area contributed by atoms with Gasteiger partial charge >= 0.3 is 35.0 Å². The summed E-state index contributed by atoms with van der Waals surface area (Å²) in [6, 6.07) is 9.76. The van der Waals surface area contributed by atoms with Gasteiger partial charge in [0, 0.05) is 19.3 Å². The van der Waals surface area contributed by atoms with Crippen molar-refractivity contribution >= 4 is 69.7 Å². The maximum Gasteiger partial charge on any atom is 0.338 e. The zero-order chi connectivity index (χ0) is 76.1. The van der Waals surface area contributed by atoms with Gasteiger partial charge in [-0.15, -0.1) is 0 Å². The zero-order valence-corrected chi connectivity index (χ0v) is 66.9. The Morgan fingerprint density at radius 3 is 0.657 bits per heavy atom. The molecular formula is C78H117N3O15S3. The summed E-state index contributed by atoms with van der Waals surface area (Å²) in [5.41, 5.74) is -15.8. The van der Waals surface area contributed by atoms with Gasteiger partial charge in [-0.05, 0) is 194 Å². The van der Waals surface area contributed by atoms with E-state index in [1.807, 2.05) is 125 Å². The lowest BCUT2D eigenvalue weighted by Crippen LogP contribution is -2.72. The second-order valence-electron chi connectivity index (χ2n) is 32.2. The first-order chi connectivity index (χ1) is 45.5. The van der Waals surface area contributed by atoms with Crippen molar-refractivity contribution in [3.05, 3.63) is 118 Å². The molecule has 1 heterocycles. The van der Waals surface area contributed by atoms with Gasteiger partial charge in [-0.3, -0.25) is 0 Å². The minimum absolute atomic E-state index is 0.0429. The first-order valence-corrected chi connectivity index (χ1v) is 36.5. The Morgan fingerprint density at radius 2 is 0.525 bits per heavy atom. The van der Waals surface area contributed by atoms with Crippen LogP contribution in [0.3, 0.4) is 0 Å². The van der Waals surface area contributed by atoms with E-state index < -0.39 is 122 Å². The van der Waals surface area contributed by atoms with E-state index in [0.717, 1.165) is 0 Å². The van der Waals surface area contributed by atoms with Gasteiger partial charge in [0.15, 0.2) is 50.1 Å². The number of ether oxygens (including phenoxy) is 6. The molecule has 552 valence electrons. The minimum Gasteiger partial charge on any atom is -0.507 e. The fourth-order valence-corrected chi connectivity index (χ4v) is 13.1. The maximum atomic E-state index is 17.9. The third kappa shape index (κ3) is 17.2. The van der Waals surface area contributed by atoms with Crippen LogP contribution in [0.15, 0.2) is 50.8 Å². The van der Waals surface area contributed by atoms with Crippen LogP contribution in [-0.2, 0) is 91.9 Å². The van der Waals surface area contributed by atoms with Gasteiger partial charge in [0.05, 0.1) is 19.8 Å². The van der Waals surface area contributed by atoms with E-state index in [1.165, 1.54) is 20.8 Å². The molecule has 0 amide bonds. The van der Waals surface area contributed by atoms with Crippen LogP contribution in [0.2, 0.25) is 0 Å². The van der Waals surface area contributed by atoms with Gasteiger partial charge < -0.3 is 43.7 Å². The highest BCUT2D eigenvalue weighted by atomic mass is 32.1. The van der Waals surface area contributed by atoms with Crippen LogP contribution in [0.5, 0.6) is 17.2 Å². The smallest absolute Gasteiger partial charge is 0.338 e. The van der Waals surface area contributed by atoms with Crippen molar-refractivity contribution in [2.75, 3.05) is 19.8 Å². The average molecular weight is 1430 g/mol. The molecule has 21 heteroatoms. The first kappa shape index (κ1) is 85.0. The quantitative estimate of drug-likeness (QED) is 0.0286. The van der Waals surface area contributed by atoms with Crippen molar-refractivity contribution in [1.82, 2.24) is 13.7 Å². The number of phenols is 3. The SMILES string of the molecule is CCCOC(=O)C(CC)(C(OC(=S)CC)c1cc(C(C)(C)C)c(O)c(C(C)(C)C)c1)n1c(=O)n(C(CC)(C(=O)OCCC)C(OC(=S)CC)c2cc(C(C)(C)C)c(O)c(C(C)(C)C)c2)c(=O)n(C(CC)(C(=O)OCCC)C(OC(=S)CC)c2cc(C(C)(C)C)c(O)c(C(C)(C)C)c2)c1=O. The molecule has 3 N–H and O–H groups in total. The van der Waals surface area contributed by atoms with E-state index in [0.29, 0.717) is 47.1 Å². The van der Waals surface area contributed by atoms with Crippen molar-refractivity contribution in [1.29, 1.82) is 0 Å². The van der Waals surface area contributed by atoms with Gasteiger partial charge in [-0.1, -0.05) is 187 Å². The summed E-state index contributed by atoms with van der Waals surface area (Å²) in [4.78, 5) is 104. The Morgan fingerprint density at radius 1 is 0.354 bits per heavy atom. The largest absolute Gasteiger partial charge is 0.507 e. The van der Waals surface area contributed by atoms with Crippen LogP contribution in [-0.4, -0.2) is 81.9 Å². The lowest BCUT2D eigenvalue weighted by atomic mass is 9.75. The number of esters is 3. The van der Waals surface area contributed by atoms with Crippen LogP contribution in [0, 0.1) is 0 Å². The Balaban J connectivity index is 2.95. The number of phenolic OH excluding ortho intramolecular Hbond substituents is 3. The number of aromatic hydroxyl groups is 3. The molecule has 18 nitrogen and oxygen atoms in total. The van der Waals surface area contributed by atoms with Crippen molar-refractivity contribution in [2.24, 2.45) is 0 Å².